The number of para-hydroxylation sites is 2. The zero-order valence-corrected chi connectivity index (χ0v) is 18.6. The van der Waals surface area contributed by atoms with Crippen LogP contribution in [0.3, 0.4) is 0 Å². The third kappa shape index (κ3) is 4.56. The van der Waals surface area contributed by atoms with Gasteiger partial charge in [-0.25, -0.2) is 14.3 Å². The predicted octanol–water partition coefficient (Wildman–Crippen LogP) is 3.23. The van der Waals surface area contributed by atoms with Crippen molar-refractivity contribution in [1.82, 2.24) is 29.9 Å². The second-order valence-corrected chi connectivity index (χ2v) is 7.68. The van der Waals surface area contributed by atoms with E-state index in [4.69, 9.17) is 17.3 Å². The molecule has 3 N–H and O–H groups in total. The molecule has 4 aromatic rings. The van der Waals surface area contributed by atoms with Crippen LogP contribution in [0.25, 0.3) is 11.4 Å². The van der Waals surface area contributed by atoms with Crippen LogP contribution >= 0.6 is 11.6 Å². The van der Waals surface area contributed by atoms with Crippen molar-refractivity contribution in [2.45, 2.75) is 19.8 Å². The summed E-state index contributed by atoms with van der Waals surface area (Å²) in [5.41, 5.74) is 8.50. The quantitative estimate of drug-likeness (QED) is 0.407. The van der Waals surface area contributed by atoms with Crippen LogP contribution in [0.2, 0.25) is 5.02 Å². The van der Waals surface area contributed by atoms with Crippen molar-refractivity contribution in [2.75, 3.05) is 12.3 Å². The van der Waals surface area contributed by atoms with Gasteiger partial charge in [-0.2, -0.15) is 10.4 Å². The molecule has 33 heavy (non-hydrogen) atoms. The number of nitrogens with two attached hydrogens (primary N) is 1. The molecule has 0 saturated heterocycles. The average molecular weight is 461 g/mol. The Balaban J connectivity index is 1.39. The minimum Gasteiger partial charge on any atom is -0.382 e. The Morgan fingerprint density at radius 1 is 1.12 bits per heavy atom. The molecule has 0 unspecified atom stereocenters. The molecule has 9 nitrogen and oxygen atoms in total. The van der Waals surface area contributed by atoms with E-state index in [0.29, 0.717) is 53.0 Å². The Bertz CT molecular complexity index is 1340. The number of rotatable bonds is 7. The van der Waals surface area contributed by atoms with Crippen LogP contribution in [-0.2, 0) is 6.42 Å². The molecule has 10 heteroatoms. The molecule has 0 radical (unpaired) electrons. The molecule has 0 aliphatic carbocycles. The Morgan fingerprint density at radius 2 is 1.85 bits per heavy atom. The van der Waals surface area contributed by atoms with Gasteiger partial charge in [0.05, 0.1) is 22.1 Å². The van der Waals surface area contributed by atoms with Gasteiger partial charge in [0.1, 0.15) is 23.3 Å². The number of nitrogen functional groups attached to an aromatic ring is 1. The number of aromatic nitrogens is 5. The third-order valence-electron chi connectivity index (χ3n) is 5.03. The van der Waals surface area contributed by atoms with E-state index < -0.39 is 5.91 Å². The number of amides is 1. The van der Waals surface area contributed by atoms with Gasteiger partial charge in [-0.3, -0.25) is 4.79 Å². The lowest BCUT2D eigenvalue weighted by atomic mass is 10.1. The molecule has 2 aromatic carbocycles. The monoisotopic (exact) mass is 460 g/mol. The number of hydrogen-bond acceptors (Lipinski definition) is 6. The molecule has 0 atom stereocenters. The molecular weight excluding hydrogens is 440 g/mol. The number of aryl methyl sites for hydroxylation is 2. The van der Waals surface area contributed by atoms with Gasteiger partial charge >= 0.3 is 0 Å². The van der Waals surface area contributed by atoms with Crippen molar-refractivity contribution in [2.24, 2.45) is 0 Å². The van der Waals surface area contributed by atoms with E-state index in [1.165, 1.54) is 4.68 Å². The van der Waals surface area contributed by atoms with Gasteiger partial charge in [-0.15, -0.1) is 5.10 Å². The minimum absolute atomic E-state index is 0.0581. The van der Waals surface area contributed by atoms with E-state index in [2.05, 4.69) is 26.6 Å². The minimum atomic E-state index is -0.390. The maximum Gasteiger partial charge on any atom is 0.290 e. The van der Waals surface area contributed by atoms with Crippen LogP contribution in [0.15, 0.2) is 54.6 Å². The molecule has 4 rings (SSSR count). The van der Waals surface area contributed by atoms with Crippen LogP contribution in [-0.4, -0.2) is 37.0 Å². The van der Waals surface area contributed by atoms with E-state index in [1.54, 1.807) is 23.7 Å². The second-order valence-electron chi connectivity index (χ2n) is 7.27. The lowest BCUT2D eigenvalue weighted by Gasteiger charge is -2.04. The number of halogens is 1. The highest BCUT2D eigenvalue weighted by molar-refractivity contribution is 6.32. The summed E-state index contributed by atoms with van der Waals surface area (Å²) >= 11 is 6.23. The molecule has 0 aliphatic rings. The summed E-state index contributed by atoms with van der Waals surface area (Å²) in [4.78, 5) is 16.8. The van der Waals surface area contributed by atoms with Crippen molar-refractivity contribution in [3.63, 3.8) is 0 Å². The molecule has 166 valence electrons. The van der Waals surface area contributed by atoms with Crippen LogP contribution in [0.1, 0.15) is 34.1 Å². The summed E-state index contributed by atoms with van der Waals surface area (Å²) in [6.45, 7) is 2.12. The highest BCUT2D eigenvalue weighted by Crippen LogP contribution is 2.22. The normalized spacial score (nSPS) is 10.7. The topological polar surface area (TPSA) is 127 Å². The summed E-state index contributed by atoms with van der Waals surface area (Å²) in [5.74, 6) is 0.517. The molecule has 0 bridgehead atoms. The SMILES string of the molecule is Cc1nc(C(=O)NCCCc2nn(-c3ccccc3)c(N)c2C#N)nn1-c1ccccc1Cl. The first-order chi connectivity index (χ1) is 16.0. The zero-order valence-electron chi connectivity index (χ0n) is 17.9. The molecule has 0 fully saturated rings. The molecular formula is C23H21ClN8O. The number of carbonyl (C=O) groups excluding carboxylic acids is 1. The average Bonchev–Trinajstić information content (AvgIpc) is 3.37. The first-order valence-electron chi connectivity index (χ1n) is 10.3. The molecule has 0 saturated carbocycles. The molecule has 2 heterocycles. The number of hydrogen-bond donors (Lipinski definition) is 2. The number of nitrogens with zero attached hydrogens (tertiary/aromatic N) is 6. The van der Waals surface area contributed by atoms with E-state index >= 15 is 0 Å². The maximum absolute atomic E-state index is 12.5. The summed E-state index contributed by atoms with van der Waals surface area (Å²) in [6, 6.07) is 18.7. The van der Waals surface area contributed by atoms with Gasteiger partial charge in [0.2, 0.25) is 5.82 Å². The van der Waals surface area contributed by atoms with Crippen LogP contribution in [0.5, 0.6) is 0 Å². The fourth-order valence-electron chi connectivity index (χ4n) is 3.42. The van der Waals surface area contributed by atoms with E-state index in [1.807, 2.05) is 42.5 Å². The lowest BCUT2D eigenvalue weighted by molar-refractivity contribution is 0.0943. The fourth-order valence-corrected chi connectivity index (χ4v) is 3.63. The largest absolute Gasteiger partial charge is 0.382 e. The van der Waals surface area contributed by atoms with Gasteiger partial charge in [0.25, 0.3) is 5.91 Å². The number of anilines is 1. The fraction of sp³-hybridized carbons (Fsp3) is 0.174. The number of benzene rings is 2. The Kier molecular flexibility index (Phi) is 6.38. The van der Waals surface area contributed by atoms with Gasteiger partial charge in [0, 0.05) is 6.54 Å². The zero-order chi connectivity index (χ0) is 23.4. The van der Waals surface area contributed by atoms with Crippen molar-refractivity contribution >= 4 is 23.3 Å². The van der Waals surface area contributed by atoms with Crippen molar-refractivity contribution in [1.29, 1.82) is 5.26 Å². The Morgan fingerprint density at radius 3 is 2.58 bits per heavy atom. The summed E-state index contributed by atoms with van der Waals surface area (Å²) in [5, 5.41) is 21.6. The third-order valence-corrected chi connectivity index (χ3v) is 5.35. The first kappa shape index (κ1) is 22.0. The summed E-state index contributed by atoms with van der Waals surface area (Å²) in [6.07, 6.45) is 1.05. The number of nitrogens with one attached hydrogen (secondary N) is 1. The van der Waals surface area contributed by atoms with E-state index in [-0.39, 0.29) is 5.82 Å². The lowest BCUT2D eigenvalue weighted by Crippen LogP contribution is -2.26. The van der Waals surface area contributed by atoms with Crippen LogP contribution in [0.4, 0.5) is 5.82 Å². The standard InChI is InChI=1S/C23H21ClN8O/c1-15-28-22(30-31(15)20-12-6-5-10-18(20)24)23(33)27-13-7-11-19-17(14-25)21(26)32(29-19)16-8-3-2-4-9-16/h2-6,8-10,12H,7,11,13,26H2,1H3,(H,27,33). The van der Waals surface area contributed by atoms with Crippen molar-refractivity contribution < 1.29 is 4.79 Å². The number of nitriles is 1. The van der Waals surface area contributed by atoms with Crippen LogP contribution < -0.4 is 11.1 Å². The number of carbonyl (C=O) groups is 1. The molecule has 1 amide bonds. The summed E-state index contributed by atoms with van der Waals surface area (Å²) < 4.78 is 3.09. The van der Waals surface area contributed by atoms with Gasteiger partial charge in [-0.05, 0) is 44.0 Å². The summed E-state index contributed by atoms with van der Waals surface area (Å²) in [7, 11) is 0. The van der Waals surface area contributed by atoms with Crippen molar-refractivity contribution in [3.05, 3.63) is 82.5 Å². The van der Waals surface area contributed by atoms with Gasteiger partial charge in [0.15, 0.2) is 0 Å². The van der Waals surface area contributed by atoms with Gasteiger partial charge < -0.3 is 11.1 Å². The molecule has 2 aromatic heterocycles. The van der Waals surface area contributed by atoms with E-state index in [0.717, 1.165) is 5.69 Å². The molecule has 0 spiro atoms. The second kappa shape index (κ2) is 9.54. The van der Waals surface area contributed by atoms with Crippen LogP contribution in [0, 0.1) is 18.3 Å². The van der Waals surface area contributed by atoms with Gasteiger partial charge in [-0.1, -0.05) is 41.9 Å². The smallest absolute Gasteiger partial charge is 0.290 e. The first-order valence-corrected chi connectivity index (χ1v) is 10.7. The Labute approximate surface area is 195 Å². The molecule has 0 aliphatic heterocycles. The van der Waals surface area contributed by atoms with Crippen molar-refractivity contribution in [3.8, 4) is 17.4 Å². The highest BCUT2D eigenvalue weighted by atomic mass is 35.5. The predicted molar refractivity (Wildman–Crippen MR) is 124 cm³/mol. The highest BCUT2D eigenvalue weighted by Gasteiger charge is 2.18. The Hall–Kier alpha value is -4.16. The van der Waals surface area contributed by atoms with E-state index in [9.17, 15) is 10.1 Å². The maximum atomic E-state index is 12.5.